The molecule has 0 atom stereocenters. The smallest absolute Gasteiger partial charge is 0.257 e. The predicted molar refractivity (Wildman–Crippen MR) is 89.0 cm³/mol. The number of nitrogens with one attached hydrogen (secondary N) is 1. The Hall–Kier alpha value is -2.39. The van der Waals surface area contributed by atoms with Crippen molar-refractivity contribution in [2.24, 2.45) is 7.05 Å². The van der Waals surface area contributed by atoms with Gasteiger partial charge in [-0.15, -0.1) is 4.47 Å². The molecule has 0 bridgehead atoms. The van der Waals surface area contributed by atoms with E-state index in [1.54, 1.807) is 0 Å². The minimum atomic E-state index is -3.83. The Morgan fingerprint density at radius 1 is 1.33 bits per heavy atom. The lowest BCUT2D eigenvalue weighted by atomic mass is 10.3. The van der Waals surface area contributed by atoms with E-state index < -0.39 is 10.0 Å². The Balaban J connectivity index is 1.96. The van der Waals surface area contributed by atoms with Crippen LogP contribution in [0.1, 0.15) is 13.3 Å². The third-order valence-electron chi connectivity index (χ3n) is 3.31. The number of imidazole rings is 1. The Labute approximate surface area is 141 Å². The van der Waals surface area contributed by atoms with Crippen LogP contribution in [0.25, 0.3) is 0 Å². The van der Waals surface area contributed by atoms with Crippen LogP contribution in [0.2, 0.25) is 0 Å². The SMILES string of the molecule is CC(=O)Nc1ccc(N(O)S(=O)(=O)CCCn2cc[n+](C)c2)cc1. The molecule has 0 unspecified atom stereocenters. The molecule has 2 rings (SSSR count). The first kappa shape index (κ1) is 18.0. The van der Waals surface area contributed by atoms with E-state index in [0.29, 0.717) is 18.7 Å². The fourth-order valence-corrected chi connectivity index (χ4v) is 3.30. The summed E-state index contributed by atoms with van der Waals surface area (Å²) in [4.78, 5) is 11.0. The molecule has 8 nitrogen and oxygen atoms in total. The Morgan fingerprint density at radius 2 is 2.00 bits per heavy atom. The molecular formula is C15H21N4O4S+. The van der Waals surface area contributed by atoms with Crippen LogP contribution in [-0.2, 0) is 28.4 Å². The maximum Gasteiger partial charge on any atom is 0.257 e. The summed E-state index contributed by atoms with van der Waals surface area (Å²) in [6, 6.07) is 5.90. The number of amides is 1. The summed E-state index contributed by atoms with van der Waals surface area (Å²) < 4.78 is 28.4. The lowest BCUT2D eigenvalue weighted by Crippen LogP contribution is -2.30. The van der Waals surface area contributed by atoms with Crippen LogP contribution < -0.4 is 14.4 Å². The molecule has 1 heterocycles. The summed E-state index contributed by atoms with van der Waals surface area (Å²) in [5.41, 5.74) is 0.647. The van der Waals surface area contributed by atoms with Gasteiger partial charge in [0.15, 0.2) is 0 Å². The highest BCUT2D eigenvalue weighted by atomic mass is 32.2. The molecule has 0 spiro atoms. The number of carbonyl (C=O) groups excluding carboxylic acids is 1. The van der Waals surface area contributed by atoms with Gasteiger partial charge in [-0.05, 0) is 24.3 Å². The number of rotatable bonds is 7. The number of nitrogens with zero attached hydrogens (tertiary/aromatic N) is 3. The number of hydrogen-bond donors (Lipinski definition) is 2. The Kier molecular flexibility index (Phi) is 5.58. The molecule has 0 saturated heterocycles. The van der Waals surface area contributed by atoms with Gasteiger partial charge in [0.25, 0.3) is 10.0 Å². The van der Waals surface area contributed by atoms with Crippen molar-refractivity contribution in [3.8, 4) is 0 Å². The van der Waals surface area contributed by atoms with Gasteiger partial charge in [-0.1, -0.05) is 0 Å². The largest absolute Gasteiger partial charge is 0.326 e. The van der Waals surface area contributed by atoms with Gasteiger partial charge in [-0.3, -0.25) is 10.0 Å². The average Bonchev–Trinajstić information content (AvgIpc) is 2.92. The van der Waals surface area contributed by atoms with Crippen molar-refractivity contribution in [2.75, 3.05) is 15.5 Å². The second-order valence-electron chi connectivity index (χ2n) is 5.46. The number of sulfonamides is 1. The molecule has 0 aliphatic heterocycles. The third kappa shape index (κ3) is 4.80. The van der Waals surface area contributed by atoms with Crippen molar-refractivity contribution in [1.29, 1.82) is 0 Å². The molecule has 0 fully saturated rings. The molecule has 130 valence electrons. The molecule has 1 amide bonds. The second kappa shape index (κ2) is 7.45. The molecule has 0 aliphatic carbocycles. The van der Waals surface area contributed by atoms with Gasteiger partial charge >= 0.3 is 0 Å². The third-order valence-corrected chi connectivity index (χ3v) is 4.86. The van der Waals surface area contributed by atoms with Crippen LogP contribution >= 0.6 is 0 Å². The van der Waals surface area contributed by atoms with E-state index in [4.69, 9.17) is 0 Å². The van der Waals surface area contributed by atoms with Crippen molar-refractivity contribution in [2.45, 2.75) is 19.9 Å². The second-order valence-corrected chi connectivity index (χ2v) is 7.38. The standard InChI is InChI=1S/C15H20N4O4S/c1-13(20)16-14-4-6-15(7-5-14)19(21)24(22,23)11-3-8-18-10-9-17(2)12-18/h4-7,9-10,12,21H,3,8,11H2,1-2H3/p+1. The lowest BCUT2D eigenvalue weighted by molar-refractivity contribution is -0.671. The molecular weight excluding hydrogens is 332 g/mol. The van der Waals surface area contributed by atoms with Gasteiger partial charge in [0.05, 0.1) is 25.0 Å². The maximum atomic E-state index is 12.2. The number of aryl methyl sites for hydroxylation is 2. The fourth-order valence-electron chi connectivity index (χ4n) is 2.19. The molecule has 24 heavy (non-hydrogen) atoms. The van der Waals surface area contributed by atoms with Gasteiger partial charge in [-0.2, -0.15) is 0 Å². The fraction of sp³-hybridized carbons (Fsp3) is 0.333. The highest BCUT2D eigenvalue weighted by Gasteiger charge is 2.21. The van der Waals surface area contributed by atoms with Gasteiger partial charge < -0.3 is 5.32 Å². The highest BCUT2D eigenvalue weighted by Crippen LogP contribution is 2.19. The Bertz CT molecular complexity index is 799. The minimum Gasteiger partial charge on any atom is -0.326 e. The van der Waals surface area contributed by atoms with E-state index >= 15 is 0 Å². The molecule has 0 saturated carbocycles. The first-order chi connectivity index (χ1) is 11.3. The van der Waals surface area contributed by atoms with Gasteiger partial charge in [0.2, 0.25) is 12.2 Å². The summed E-state index contributed by atoms with van der Waals surface area (Å²) in [7, 11) is -1.95. The summed E-state index contributed by atoms with van der Waals surface area (Å²) in [6.07, 6.45) is 5.94. The van der Waals surface area contributed by atoms with Crippen molar-refractivity contribution < 1.29 is 23.0 Å². The molecule has 2 N–H and O–H groups in total. The van der Waals surface area contributed by atoms with Crippen molar-refractivity contribution in [1.82, 2.24) is 4.57 Å². The summed E-state index contributed by atoms with van der Waals surface area (Å²) in [6.45, 7) is 1.91. The molecule has 0 aliphatic rings. The zero-order chi connectivity index (χ0) is 17.7. The molecule has 1 aromatic heterocycles. The number of aromatic nitrogens is 2. The Morgan fingerprint density at radius 3 is 2.54 bits per heavy atom. The molecule has 0 radical (unpaired) electrons. The predicted octanol–water partition coefficient (Wildman–Crippen LogP) is 0.887. The number of hydrogen-bond acceptors (Lipinski definition) is 4. The monoisotopic (exact) mass is 353 g/mol. The van der Waals surface area contributed by atoms with Crippen LogP contribution in [0.3, 0.4) is 0 Å². The van der Waals surface area contributed by atoms with E-state index in [1.807, 2.05) is 34.9 Å². The molecule has 2 aromatic rings. The van der Waals surface area contributed by atoms with Crippen molar-refractivity contribution in [3.05, 3.63) is 43.0 Å². The summed E-state index contributed by atoms with van der Waals surface area (Å²) in [5, 5.41) is 12.5. The van der Waals surface area contributed by atoms with E-state index in [-0.39, 0.29) is 21.8 Å². The van der Waals surface area contributed by atoms with Gasteiger partial charge in [0, 0.05) is 19.0 Å². The maximum absolute atomic E-state index is 12.2. The summed E-state index contributed by atoms with van der Waals surface area (Å²) >= 11 is 0. The lowest BCUT2D eigenvalue weighted by Gasteiger charge is -2.17. The number of benzene rings is 1. The van der Waals surface area contributed by atoms with Crippen molar-refractivity contribution in [3.63, 3.8) is 0 Å². The zero-order valence-electron chi connectivity index (χ0n) is 13.6. The van der Waals surface area contributed by atoms with Gasteiger partial charge in [0.1, 0.15) is 12.4 Å². The minimum absolute atomic E-state index is 0.122. The molecule has 1 aromatic carbocycles. The molecule has 9 heteroatoms. The zero-order valence-corrected chi connectivity index (χ0v) is 14.4. The van der Waals surface area contributed by atoms with Crippen LogP contribution in [0.15, 0.2) is 43.0 Å². The topological polar surface area (TPSA) is 95.5 Å². The van der Waals surface area contributed by atoms with Gasteiger partial charge in [-0.25, -0.2) is 17.6 Å². The average molecular weight is 353 g/mol. The number of anilines is 2. The van der Waals surface area contributed by atoms with Crippen LogP contribution in [-0.4, -0.2) is 29.9 Å². The number of carbonyl (C=O) groups is 1. The summed E-state index contributed by atoms with van der Waals surface area (Å²) in [5.74, 6) is -0.409. The highest BCUT2D eigenvalue weighted by molar-refractivity contribution is 7.92. The quantitative estimate of drug-likeness (QED) is 0.571. The first-order valence-corrected chi connectivity index (χ1v) is 8.99. The van der Waals surface area contributed by atoms with Crippen molar-refractivity contribution >= 4 is 27.3 Å². The van der Waals surface area contributed by atoms with Crippen LogP contribution in [0.5, 0.6) is 0 Å². The van der Waals surface area contributed by atoms with E-state index in [9.17, 15) is 18.4 Å². The van der Waals surface area contributed by atoms with E-state index in [0.717, 1.165) is 0 Å². The van der Waals surface area contributed by atoms with E-state index in [1.165, 1.54) is 31.2 Å². The van der Waals surface area contributed by atoms with Crippen LogP contribution in [0.4, 0.5) is 11.4 Å². The normalized spacial score (nSPS) is 11.3. The van der Waals surface area contributed by atoms with E-state index in [2.05, 4.69) is 5.32 Å². The van der Waals surface area contributed by atoms with Crippen LogP contribution in [0, 0.1) is 0 Å². The first-order valence-electron chi connectivity index (χ1n) is 7.38.